The first kappa shape index (κ1) is 8.52. The van der Waals surface area contributed by atoms with Gasteiger partial charge in [0.1, 0.15) is 0 Å². The molecule has 1 aliphatic heterocycles. The molecule has 0 aliphatic carbocycles. The summed E-state index contributed by atoms with van der Waals surface area (Å²) >= 11 is 1.05. The molecule has 1 heterocycles. The zero-order valence-electron chi connectivity index (χ0n) is 3.94. The molecule has 0 spiro atoms. The summed E-state index contributed by atoms with van der Waals surface area (Å²) in [5.41, 5.74) is 0. The van der Waals surface area contributed by atoms with Crippen molar-refractivity contribution >= 4 is 44.5 Å². The molecule has 0 aromatic heterocycles. The Morgan fingerprint density at radius 1 is 0.857 bits per heavy atom. The van der Waals surface area contributed by atoms with Gasteiger partial charge in [0.2, 0.25) is 0 Å². The summed E-state index contributed by atoms with van der Waals surface area (Å²) in [5.74, 6) is 0. The SMILES string of the molecule is C1CC[Se]CC1.[NaH]. The van der Waals surface area contributed by atoms with E-state index in [1.54, 1.807) is 10.6 Å². The van der Waals surface area contributed by atoms with Gasteiger partial charge in [-0.3, -0.25) is 0 Å². The molecule has 1 aliphatic rings. The Bertz CT molecular complexity index is 23.6. The van der Waals surface area contributed by atoms with Crippen LogP contribution in [0.25, 0.3) is 0 Å². The molecule has 0 N–H and O–H groups in total. The van der Waals surface area contributed by atoms with Crippen LogP contribution in [-0.4, -0.2) is 44.5 Å². The fourth-order valence-electron chi connectivity index (χ4n) is 0.687. The van der Waals surface area contributed by atoms with Crippen molar-refractivity contribution in [1.29, 1.82) is 0 Å². The normalized spacial score (nSPS) is 20.6. The Morgan fingerprint density at radius 3 is 1.57 bits per heavy atom. The first-order valence-corrected chi connectivity index (χ1v) is 5.00. The van der Waals surface area contributed by atoms with E-state index >= 15 is 0 Å². The minimum absolute atomic E-state index is 0. The molecular weight excluding hydrogens is 162 g/mol. The molecule has 1 saturated heterocycles. The Balaban J connectivity index is 0.000000360. The molecule has 1 rings (SSSR count). The van der Waals surface area contributed by atoms with Crippen molar-refractivity contribution in [1.82, 2.24) is 0 Å². The fraction of sp³-hybridized carbons (Fsp3) is 1.00. The van der Waals surface area contributed by atoms with Gasteiger partial charge in [0.25, 0.3) is 0 Å². The van der Waals surface area contributed by atoms with Crippen LogP contribution in [0, 0.1) is 0 Å². The third-order valence-electron chi connectivity index (χ3n) is 1.08. The first-order valence-electron chi connectivity index (χ1n) is 2.58. The number of hydrogen-bond acceptors (Lipinski definition) is 0. The molecule has 0 atom stereocenters. The predicted octanol–water partition coefficient (Wildman–Crippen LogP) is 1.06. The molecule has 0 radical (unpaired) electrons. The van der Waals surface area contributed by atoms with Crippen molar-refractivity contribution in [2.24, 2.45) is 0 Å². The van der Waals surface area contributed by atoms with Gasteiger partial charge >= 0.3 is 74.4 Å². The molecule has 1 fully saturated rings. The Labute approximate surface area is 73.9 Å². The van der Waals surface area contributed by atoms with E-state index in [0.29, 0.717) is 0 Å². The van der Waals surface area contributed by atoms with Crippen LogP contribution >= 0.6 is 0 Å². The molecule has 2 heteroatoms. The third-order valence-corrected chi connectivity index (χ3v) is 3.50. The standard InChI is InChI=1S/C5H10Se.Na.H/c1-2-4-6-5-3-1;;/h1-5H2;;. The van der Waals surface area contributed by atoms with Gasteiger partial charge in [-0.2, -0.15) is 0 Å². The molecule has 0 aromatic carbocycles. The van der Waals surface area contributed by atoms with Crippen molar-refractivity contribution < 1.29 is 0 Å². The Kier molecular flexibility index (Phi) is 6.88. The third kappa shape index (κ3) is 4.05. The van der Waals surface area contributed by atoms with Crippen molar-refractivity contribution in [3.05, 3.63) is 0 Å². The van der Waals surface area contributed by atoms with E-state index in [4.69, 9.17) is 0 Å². The monoisotopic (exact) mass is 174 g/mol. The van der Waals surface area contributed by atoms with Gasteiger partial charge in [-0.15, -0.1) is 0 Å². The van der Waals surface area contributed by atoms with Gasteiger partial charge in [-0.05, 0) is 0 Å². The molecular formula is C5H11NaSe. The zero-order chi connectivity index (χ0) is 4.24. The zero-order valence-corrected chi connectivity index (χ0v) is 5.66. The predicted molar refractivity (Wildman–Crippen MR) is 36.4 cm³/mol. The van der Waals surface area contributed by atoms with E-state index in [2.05, 4.69) is 0 Å². The summed E-state index contributed by atoms with van der Waals surface area (Å²) in [6.45, 7) is 0. The molecule has 0 unspecified atom stereocenters. The molecule has 0 saturated carbocycles. The summed E-state index contributed by atoms with van der Waals surface area (Å²) in [7, 11) is 0. The van der Waals surface area contributed by atoms with Gasteiger partial charge in [0.05, 0.1) is 0 Å². The average Bonchev–Trinajstić information content (AvgIpc) is 1.72. The second-order valence-electron chi connectivity index (χ2n) is 1.67. The van der Waals surface area contributed by atoms with Crippen LogP contribution in [0.4, 0.5) is 0 Å². The van der Waals surface area contributed by atoms with Crippen molar-refractivity contribution in [3.63, 3.8) is 0 Å². The number of hydrogen-bond donors (Lipinski definition) is 0. The van der Waals surface area contributed by atoms with Gasteiger partial charge in [0.15, 0.2) is 0 Å². The van der Waals surface area contributed by atoms with E-state index in [1.807, 2.05) is 0 Å². The maximum absolute atomic E-state index is 1.56. The van der Waals surface area contributed by atoms with Crippen LogP contribution in [0.2, 0.25) is 10.6 Å². The Morgan fingerprint density at radius 2 is 1.43 bits per heavy atom. The molecule has 0 amide bonds. The molecule has 0 aromatic rings. The van der Waals surface area contributed by atoms with E-state index < -0.39 is 0 Å². The summed E-state index contributed by atoms with van der Waals surface area (Å²) in [6, 6.07) is 0. The van der Waals surface area contributed by atoms with Crippen molar-refractivity contribution in [2.45, 2.75) is 29.9 Å². The average molecular weight is 173 g/mol. The topological polar surface area (TPSA) is 0 Å². The van der Waals surface area contributed by atoms with Crippen LogP contribution in [0.5, 0.6) is 0 Å². The van der Waals surface area contributed by atoms with Gasteiger partial charge in [-0.1, -0.05) is 0 Å². The summed E-state index contributed by atoms with van der Waals surface area (Å²) in [5, 5.41) is 3.12. The number of rotatable bonds is 0. The molecule has 38 valence electrons. The van der Waals surface area contributed by atoms with Crippen molar-refractivity contribution in [2.75, 3.05) is 0 Å². The van der Waals surface area contributed by atoms with Crippen LogP contribution in [0.1, 0.15) is 19.3 Å². The molecule has 7 heavy (non-hydrogen) atoms. The second kappa shape index (κ2) is 5.65. The van der Waals surface area contributed by atoms with Crippen LogP contribution in [0.15, 0.2) is 0 Å². The minimum atomic E-state index is 0. The molecule has 0 bridgehead atoms. The van der Waals surface area contributed by atoms with Gasteiger partial charge in [0, 0.05) is 0 Å². The fourth-order valence-corrected chi connectivity index (χ4v) is 2.83. The maximum atomic E-state index is 1.56. The summed E-state index contributed by atoms with van der Waals surface area (Å²) < 4.78 is 0. The van der Waals surface area contributed by atoms with Crippen LogP contribution in [-0.2, 0) is 0 Å². The molecule has 0 nitrogen and oxygen atoms in total. The van der Waals surface area contributed by atoms with Crippen molar-refractivity contribution in [3.8, 4) is 0 Å². The van der Waals surface area contributed by atoms with E-state index in [9.17, 15) is 0 Å². The quantitative estimate of drug-likeness (QED) is 0.480. The van der Waals surface area contributed by atoms with Crippen LogP contribution < -0.4 is 0 Å². The van der Waals surface area contributed by atoms with Gasteiger partial charge < -0.3 is 0 Å². The summed E-state index contributed by atoms with van der Waals surface area (Å²) in [6.07, 6.45) is 4.57. The van der Waals surface area contributed by atoms with E-state index in [0.717, 1.165) is 15.0 Å². The van der Waals surface area contributed by atoms with E-state index in [1.165, 1.54) is 19.3 Å². The second-order valence-corrected chi connectivity index (χ2v) is 4.24. The van der Waals surface area contributed by atoms with Gasteiger partial charge in [-0.25, -0.2) is 0 Å². The first-order chi connectivity index (χ1) is 3.00. The van der Waals surface area contributed by atoms with E-state index in [-0.39, 0.29) is 29.6 Å². The van der Waals surface area contributed by atoms with Crippen LogP contribution in [0.3, 0.4) is 0 Å². The Hall–Kier alpha value is 1.52. The summed E-state index contributed by atoms with van der Waals surface area (Å²) in [4.78, 5) is 0.